The van der Waals surface area contributed by atoms with Gasteiger partial charge in [-0.3, -0.25) is 0 Å². The molecule has 1 unspecified atom stereocenters. The summed E-state index contributed by atoms with van der Waals surface area (Å²) in [7, 11) is 0. The molecule has 0 fully saturated rings. The normalized spacial score (nSPS) is 11.8. The summed E-state index contributed by atoms with van der Waals surface area (Å²) in [6.07, 6.45) is 0.727. The van der Waals surface area contributed by atoms with Gasteiger partial charge in [-0.15, -0.1) is 0 Å². The Balaban J connectivity index is 1.83. The number of unbranched alkanes of at least 4 members (excludes halogenated alkanes) is 1. The van der Waals surface area contributed by atoms with Gasteiger partial charge in [-0.25, -0.2) is 14.4 Å². The molecule has 0 aromatic heterocycles. The van der Waals surface area contributed by atoms with Gasteiger partial charge in [0.15, 0.2) is 0 Å². The maximum atomic E-state index is 12.6. The average Bonchev–Trinajstić information content (AvgIpc) is 2.76. The van der Waals surface area contributed by atoms with Crippen LogP contribution in [0.1, 0.15) is 56.0 Å². The summed E-state index contributed by atoms with van der Waals surface area (Å²) >= 11 is 0. The Bertz CT molecular complexity index is 861. The smallest absolute Gasteiger partial charge is 0.408 e. The molecule has 1 atom stereocenters. The van der Waals surface area contributed by atoms with Crippen molar-refractivity contribution in [1.29, 1.82) is 0 Å². The third-order valence-corrected chi connectivity index (χ3v) is 4.33. The minimum absolute atomic E-state index is 0.112. The zero-order valence-electron chi connectivity index (χ0n) is 18.8. The number of carbonyl (C=O) groups is 3. The van der Waals surface area contributed by atoms with Crippen LogP contribution >= 0.6 is 0 Å². The van der Waals surface area contributed by atoms with E-state index < -0.39 is 29.7 Å². The van der Waals surface area contributed by atoms with Crippen molar-refractivity contribution >= 4 is 18.0 Å². The van der Waals surface area contributed by atoms with Crippen molar-refractivity contribution in [3.8, 4) is 0 Å². The van der Waals surface area contributed by atoms with Gasteiger partial charge in [0.1, 0.15) is 18.2 Å². The summed E-state index contributed by atoms with van der Waals surface area (Å²) in [6.45, 7) is 5.57. The second kappa shape index (κ2) is 12.5. The highest BCUT2D eigenvalue weighted by molar-refractivity contribution is 5.89. The molecule has 1 amide bonds. The number of rotatable bonds is 10. The Hall–Kier alpha value is -3.35. The highest BCUT2D eigenvalue weighted by Gasteiger charge is 2.25. The summed E-state index contributed by atoms with van der Waals surface area (Å²) in [5, 5.41) is 2.59. The van der Waals surface area contributed by atoms with Crippen molar-refractivity contribution in [2.75, 3.05) is 6.61 Å². The van der Waals surface area contributed by atoms with Crippen LogP contribution in [0.2, 0.25) is 0 Å². The highest BCUT2D eigenvalue weighted by Crippen LogP contribution is 2.11. The molecule has 7 heteroatoms. The number of benzene rings is 2. The lowest BCUT2D eigenvalue weighted by Crippen LogP contribution is -2.44. The molecule has 0 saturated heterocycles. The molecule has 0 saturated carbocycles. The van der Waals surface area contributed by atoms with Gasteiger partial charge < -0.3 is 19.5 Å². The summed E-state index contributed by atoms with van der Waals surface area (Å²) in [6, 6.07) is 17.2. The Morgan fingerprint density at radius 2 is 1.50 bits per heavy atom. The number of nitrogens with one attached hydrogen (secondary N) is 1. The Morgan fingerprint density at radius 1 is 0.875 bits per heavy atom. The molecule has 0 heterocycles. The van der Waals surface area contributed by atoms with Crippen LogP contribution in [0.5, 0.6) is 0 Å². The maximum absolute atomic E-state index is 12.6. The van der Waals surface area contributed by atoms with Gasteiger partial charge in [0.05, 0.1) is 12.2 Å². The van der Waals surface area contributed by atoms with Crippen LogP contribution in [0, 0.1) is 0 Å². The molecule has 0 bridgehead atoms. The van der Waals surface area contributed by atoms with Gasteiger partial charge in [-0.2, -0.15) is 0 Å². The number of hydrogen-bond donors (Lipinski definition) is 1. The molecule has 172 valence electrons. The monoisotopic (exact) mass is 441 g/mol. The average molecular weight is 442 g/mol. The van der Waals surface area contributed by atoms with E-state index in [0.717, 1.165) is 5.56 Å². The predicted molar refractivity (Wildman–Crippen MR) is 120 cm³/mol. The Labute approximate surface area is 189 Å². The van der Waals surface area contributed by atoms with Crippen LogP contribution in [0.15, 0.2) is 60.7 Å². The fourth-order valence-corrected chi connectivity index (χ4v) is 2.80. The van der Waals surface area contributed by atoms with Crippen molar-refractivity contribution in [2.24, 2.45) is 0 Å². The van der Waals surface area contributed by atoms with E-state index in [-0.39, 0.29) is 13.2 Å². The van der Waals surface area contributed by atoms with Crippen LogP contribution in [0.25, 0.3) is 0 Å². The van der Waals surface area contributed by atoms with Crippen molar-refractivity contribution in [1.82, 2.24) is 5.32 Å². The molecule has 0 aliphatic carbocycles. The number of amides is 1. The minimum atomic E-state index is -0.863. The Morgan fingerprint density at radius 3 is 2.12 bits per heavy atom. The summed E-state index contributed by atoms with van der Waals surface area (Å²) < 4.78 is 15.9. The molecular weight excluding hydrogens is 410 g/mol. The van der Waals surface area contributed by atoms with Gasteiger partial charge >= 0.3 is 18.0 Å². The molecular formula is C25H31NO6. The quantitative estimate of drug-likeness (QED) is 0.328. The number of ether oxygens (including phenoxy) is 3. The molecule has 0 radical (unpaired) electrons. The second-order valence-corrected chi connectivity index (χ2v) is 8.29. The lowest BCUT2D eigenvalue weighted by atomic mass is 10.1. The van der Waals surface area contributed by atoms with E-state index in [1.165, 1.54) is 0 Å². The largest absolute Gasteiger partial charge is 0.462 e. The first-order valence-corrected chi connectivity index (χ1v) is 10.7. The third-order valence-electron chi connectivity index (χ3n) is 4.33. The van der Waals surface area contributed by atoms with E-state index in [0.29, 0.717) is 24.8 Å². The molecule has 7 nitrogen and oxygen atoms in total. The van der Waals surface area contributed by atoms with E-state index in [4.69, 9.17) is 14.2 Å². The van der Waals surface area contributed by atoms with Gasteiger partial charge in [0.2, 0.25) is 0 Å². The molecule has 2 aromatic rings. The van der Waals surface area contributed by atoms with E-state index >= 15 is 0 Å². The molecule has 1 N–H and O–H groups in total. The van der Waals surface area contributed by atoms with Crippen LogP contribution in [0.3, 0.4) is 0 Å². The second-order valence-electron chi connectivity index (χ2n) is 8.29. The summed E-state index contributed by atoms with van der Waals surface area (Å²) in [5.41, 5.74) is 0.653. The lowest BCUT2D eigenvalue weighted by Gasteiger charge is -2.23. The van der Waals surface area contributed by atoms with Crippen molar-refractivity contribution in [3.05, 3.63) is 71.8 Å². The molecule has 0 aliphatic rings. The predicted octanol–water partition coefficient (Wildman–Crippen LogP) is 4.65. The first-order valence-electron chi connectivity index (χ1n) is 10.7. The number of alkyl carbamates (subject to hydrolysis) is 1. The van der Waals surface area contributed by atoms with E-state index in [2.05, 4.69) is 5.32 Å². The standard InChI is InChI=1S/C25H31NO6/c1-25(2,3)32-24(29)26-21(23(28)31-18-19-12-6-4-7-13-19)16-10-11-17-30-22(27)20-14-8-5-9-15-20/h4-9,12-15,21H,10-11,16-18H2,1-3H3,(H,26,29). The first kappa shape index (κ1) is 24.9. The Kier molecular flexibility index (Phi) is 9.73. The van der Waals surface area contributed by atoms with Crippen molar-refractivity contribution < 1.29 is 28.6 Å². The van der Waals surface area contributed by atoms with Gasteiger partial charge in [-0.05, 0) is 57.7 Å². The lowest BCUT2D eigenvalue weighted by molar-refractivity contribution is -0.147. The van der Waals surface area contributed by atoms with Crippen LogP contribution in [0.4, 0.5) is 4.79 Å². The van der Waals surface area contributed by atoms with Gasteiger partial charge in [0, 0.05) is 0 Å². The van der Waals surface area contributed by atoms with Crippen LogP contribution in [-0.2, 0) is 25.6 Å². The summed E-state index contributed by atoms with van der Waals surface area (Å²) in [5.74, 6) is -0.933. The topological polar surface area (TPSA) is 90.9 Å². The zero-order chi connectivity index (χ0) is 23.4. The molecule has 2 aromatic carbocycles. The van der Waals surface area contributed by atoms with E-state index in [9.17, 15) is 14.4 Å². The fraction of sp³-hybridized carbons (Fsp3) is 0.400. The zero-order valence-corrected chi connectivity index (χ0v) is 18.8. The first-order chi connectivity index (χ1) is 15.2. The van der Waals surface area contributed by atoms with Crippen molar-refractivity contribution in [2.45, 2.75) is 58.3 Å². The van der Waals surface area contributed by atoms with Crippen molar-refractivity contribution in [3.63, 3.8) is 0 Å². The van der Waals surface area contributed by atoms with E-state index in [1.807, 2.05) is 36.4 Å². The molecule has 0 aliphatic heterocycles. The van der Waals surface area contributed by atoms with Crippen LogP contribution < -0.4 is 5.32 Å². The van der Waals surface area contributed by atoms with E-state index in [1.54, 1.807) is 45.0 Å². The minimum Gasteiger partial charge on any atom is -0.462 e. The van der Waals surface area contributed by atoms with Gasteiger partial charge in [-0.1, -0.05) is 48.5 Å². The highest BCUT2D eigenvalue weighted by atomic mass is 16.6. The number of carbonyl (C=O) groups excluding carboxylic acids is 3. The SMILES string of the molecule is CC(C)(C)OC(=O)NC(CCCCOC(=O)c1ccccc1)C(=O)OCc1ccccc1. The maximum Gasteiger partial charge on any atom is 0.408 e. The number of hydrogen-bond acceptors (Lipinski definition) is 6. The molecule has 32 heavy (non-hydrogen) atoms. The fourth-order valence-electron chi connectivity index (χ4n) is 2.80. The number of esters is 2. The third kappa shape index (κ3) is 9.64. The molecule has 2 rings (SSSR count). The van der Waals surface area contributed by atoms with Gasteiger partial charge in [0.25, 0.3) is 0 Å². The van der Waals surface area contributed by atoms with Crippen LogP contribution in [-0.4, -0.2) is 36.3 Å². The summed E-state index contributed by atoms with van der Waals surface area (Å²) in [4.78, 5) is 36.7. The molecule has 0 spiro atoms.